The average molecular weight is 285 g/mol. The summed E-state index contributed by atoms with van der Waals surface area (Å²) in [4.78, 5) is 0. The molecule has 0 aliphatic carbocycles. The SMILES string of the molecule is [Cl-].[Cl-].[Cl-].[Cl-].[NaH].[Sn+4]. The summed E-state index contributed by atoms with van der Waals surface area (Å²) in [6.45, 7) is 0. The minimum absolute atomic E-state index is 0. The van der Waals surface area contributed by atoms with Crippen LogP contribution in [0.4, 0.5) is 0 Å². The molecular weight excluding hydrogens is 284 g/mol. The van der Waals surface area contributed by atoms with Crippen molar-refractivity contribution in [3.05, 3.63) is 0 Å². The topological polar surface area (TPSA) is 0 Å². The summed E-state index contributed by atoms with van der Waals surface area (Å²) in [7, 11) is 0. The molecule has 0 rings (SSSR count). The normalized spacial score (nSPS) is 0. The van der Waals surface area contributed by atoms with Crippen molar-refractivity contribution in [1.82, 2.24) is 0 Å². The molecule has 0 N–H and O–H groups in total. The van der Waals surface area contributed by atoms with Gasteiger partial charge < -0.3 is 49.6 Å². The van der Waals surface area contributed by atoms with Crippen LogP contribution in [0.3, 0.4) is 0 Å². The molecule has 34 valence electrons. The van der Waals surface area contributed by atoms with Crippen molar-refractivity contribution in [1.29, 1.82) is 0 Å². The van der Waals surface area contributed by atoms with Crippen molar-refractivity contribution in [3.8, 4) is 0 Å². The van der Waals surface area contributed by atoms with E-state index < -0.39 is 0 Å². The first-order chi connectivity index (χ1) is 0. The number of hydrogen-bond acceptors (Lipinski definition) is 0. The number of hydrogen-bond donors (Lipinski definition) is 0. The van der Waals surface area contributed by atoms with Gasteiger partial charge in [0.2, 0.25) is 0 Å². The van der Waals surface area contributed by atoms with Gasteiger partial charge in [0.05, 0.1) is 0 Å². The molecule has 0 aromatic heterocycles. The van der Waals surface area contributed by atoms with E-state index in [1.807, 2.05) is 0 Å². The molecule has 0 atom stereocenters. The van der Waals surface area contributed by atoms with Gasteiger partial charge in [-0.05, 0) is 0 Å². The summed E-state index contributed by atoms with van der Waals surface area (Å²) in [5.41, 5.74) is 0. The Morgan fingerprint density at radius 3 is 0.500 bits per heavy atom. The van der Waals surface area contributed by atoms with Crippen molar-refractivity contribution < 1.29 is 49.6 Å². The summed E-state index contributed by atoms with van der Waals surface area (Å²) in [6.07, 6.45) is 0. The Kier molecular flexibility index (Phi) is 476. The number of rotatable bonds is 0. The van der Waals surface area contributed by atoms with Gasteiger partial charge in [-0.15, -0.1) is 0 Å². The van der Waals surface area contributed by atoms with Gasteiger partial charge in [0, 0.05) is 0 Å². The van der Waals surface area contributed by atoms with Gasteiger partial charge in [-0.2, -0.15) is 0 Å². The van der Waals surface area contributed by atoms with E-state index in [4.69, 9.17) is 0 Å². The van der Waals surface area contributed by atoms with Gasteiger partial charge >= 0.3 is 53.5 Å². The van der Waals surface area contributed by atoms with E-state index in [0.717, 1.165) is 0 Å². The first-order valence-electron chi connectivity index (χ1n) is 0. The fraction of sp³-hybridized carbons (Fsp3) is 0. The third-order valence-electron chi connectivity index (χ3n) is 0. The van der Waals surface area contributed by atoms with Crippen molar-refractivity contribution in [3.63, 3.8) is 0 Å². The van der Waals surface area contributed by atoms with Crippen LogP contribution in [0.1, 0.15) is 0 Å². The molecule has 0 bridgehead atoms. The number of halogens is 4. The van der Waals surface area contributed by atoms with Crippen LogP contribution in [0.25, 0.3) is 0 Å². The Bertz CT molecular complexity index is 7.51. The predicted molar refractivity (Wildman–Crippen MR) is 12.9 cm³/mol. The molecule has 6 heteroatoms. The molecule has 0 nitrogen and oxygen atoms in total. The Morgan fingerprint density at radius 2 is 0.500 bits per heavy atom. The van der Waals surface area contributed by atoms with Crippen LogP contribution in [-0.4, -0.2) is 53.5 Å². The molecule has 0 heterocycles. The molecule has 6 heavy (non-hydrogen) atoms. The van der Waals surface area contributed by atoms with Crippen molar-refractivity contribution in [2.45, 2.75) is 0 Å². The van der Waals surface area contributed by atoms with Crippen LogP contribution in [0.15, 0.2) is 0 Å². The molecule has 0 aliphatic heterocycles. The van der Waals surface area contributed by atoms with E-state index in [0.29, 0.717) is 0 Å². The molecule has 0 aromatic rings. The van der Waals surface area contributed by atoms with E-state index in [9.17, 15) is 0 Å². The van der Waals surface area contributed by atoms with Crippen molar-refractivity contribution in [2.24, 2.45) is 0 Å². The molecular formula is HCl4NaSn. The Labute approximate surface area is 101 Å². The molecule has 0 aromatic carbocycles. The van der Waals surface area contributed by atoms with Gasteiger partial charge in [-0.3, -0.25) is 0 Å². The fourth-order valence-electron chi connectivity index (χ4n) is 0. The second-order valence-corrected chi connectivity index (χ2v) is 0. The molecule has 0 saturated heterocycles. The Hall–Kier alpha value is 2.96. The van der Waals surface area contributed by atoms with E-state index in [-0.39, 0.29) is 103 Å². The largest absolute Gasteiger partial charge is 4.00 e. The third kappa shape index (κ3) is 28.2. The summed E-state index contributed by atoms with van der Waals surface area (Å²) < 4.78 is 0. The van der Waals surface area contributed by atoms with E-state index in [2.05, 4.69) is 0 Å². The molecule has 0 unspecified atom stereocenters. The second kappa shape index (κ2) is 44.0. The third-order valence-corrected chi connectivity index (χ3v) is 0. The second-order valence-electron chi connectivity index (χ2n) is 0. The van der Waals surface area contributed by atoms with Gasteiger partial charge in [0.1, 0.15) is 0 Å². The smallest absolute Gasteiger partial charge is 4.00 e. The summed E-state index contributed by atoms with van der Waals surface area (Å²) in [6, 6.07) is 0. The van der Waals surface area contributed by atoms with Gasteiger partial charge in [-0.25, -0.2) is 0 Å². The molecule has 0 fully saturated rings. The Morgan fingerprint density at radius 1 is 0.500 bits per heavy atom. The predicted octanol–water partition coefficient (Wildman–Crippen LogP) is -13.0. The zero-order valence-corrected chi connectivity index (χ0v) is 7.89. The minimum atomic E-state index is 0. The minimum Gasteiger partial charge on any atom is 4.00 e. The van der Waals surface area contributed by atoms with Crippen LogP contribution in [0, 0.1) is 0 Å². The average Bonchev–Trinajstić information content (AvgIpc) is 0. The monoisotopic (exact) mass is 284 g/mol. The van der Waals surface area contributed by atoms with Gasteiger partial charge in [0.25, 0.3) is 0 Å². The van der Waals surface area contributed by atoms with Crippen molar-refractivity contribution >= 4 is 53.5 Å². The molecule has 0 radical (unpaired) electrons. The van der Waals surface area contributed by atoms with Crippen LogP contribution in [0.2, 0.25) is 0 Å². The summed E-state index contributed by atoms with van der Waals surface area (Å²) >= 11 is 0. The van der Waals surface area contributed by atoms with Crippen LogP contribution < -0.4 is 49.6 Å². The quantitative estimate of drug-likeness (QED) is 0.388. The molecule has 0 spiro atoms. The zero-order chi connectivity index (χ0) is 0. The summed E-state index contributed by atoms with van der Waals surface area (Å²) in [5.74, 6) is 0. The molecule has 0 aliphatic rings. The first kappa shape index (κ1) is 64.8. The standard InChI is InChI=1S/4ClH.Na.Sn.H/h4*1H;;;/q;;;;;+4;/p-4. The molecule has 0 amide bonds. The van der Waals surface area contributed by atoms with E-state index in [1.165, 1.54) is 0 Å². The van der Waals surface area contributed by atoms with E-state index in [1.54, 1.807) is 0 Å². The maximum atomic E-state index is 0. The maximum Gasteiger partial charge on any atom is 4.00 e. The summed E-state index contributed by atoms with van der Waals surface area (Å²) in [5, 5.41) is 0. The fourth-order valence-corrected chi connectivity index (χ4v) is 0. The molecule has 0 saturated carbocycles. The van der Waals surface area contributed by atoms with E-state index >= 15 is 0 Å². The van der Waals surface area contributed by atoms with Gasteiger partial charge in [0.15, 0.2) is 0 Å². The first-order valence-corrected chi connectivity index (χ1v) is 0. The van der Waals surface area contributed by atoms with Crippen LogP contribution in [0.5, 0.6) is 0 Å². The Balaban J connectivity index is 0. The van der Waals surface area contributed by atoms with Crippen LogP contribution >= 0.6 is 0 Å². The van der Waals surface area contributed by atoms with Crippen LogP contribution in [-0.2, 0) is 0 Å². The van der Waals surface area contributed by atoms with Crippen molar-refractivity contribution in [2.75, 3.05) is 0 Å². The zero-order valence-electron chi connectivity index (χ0n) is 2.01. The van der Waals surface area contributed by atoms with Gasteiger partial charge in [-0.1, -0.05) is 0 Å². The maximum absolute atomic E-state index is 0.